The quantitative estimate of drug-likeness (QED) is 0.888. The number of carbonyl (C=O) groups excluding carboxylic acids is 1. The molecule has 0 radical (unpaired) electrons. The Hall–Kier alpha value is -2.10. The predicted octanol–water partition coefficient (Wildman–Crippen LogP) is 3.08. The fourth-order valence-electron chi connectivity index (χ4n) is 2.03. The van der Waals surface area contributed by atoms with Gasteiger partial charge in [0.05, 0.1) is 0 Å². The molecule has 1 N–H and O–H groups in total. The molecule has 4 heteroatoms. The van der Waals surface area contributed by atoms with Crippen LogP contribution in [0.25, 0.3) is 10.9 Å². The van der Waals surface area contributed by atoms with Crippen LogP contribution >= 0.6 is 0 Å². The van der Waals surface area contributed by atoms with E-state index in [1.54, 1.807) is 0 Å². The molecule has 0 saturated heterocycles. The van der Waals surface area contributed by atoms with Crippen molar-refractivity contribution in [1.82, 2.24) is 10.3 Å². The second kappa shape index (κ2) is 7.07. The molecule has 0 aliphatic rings. The lowest BCUT2D eigenvalue weighted by molar-refractivity contribution is -0.123. The number of aryl methyl sites for hydroxylation is 1. The lowest BCUT2D eigenvalue weighted by atomic mass is 10.1. The van der Waals surface area contributed by atoms with E-state index in [2.05, 4.69) is 24.1 Å². The van der Waals surface area contributed by atoms with Crippen LogP contribution in [0.3, 0.4) is 0 Å². The van der Waals surface area contributed by atoms with Crippen LogP contribution < -0.4 is 10.1 Å². The molecule has 0 aliphatic carbocycles. The van der Waals surface area contributed by atoms with Crippen molar-refractivity contribution in [1.29, 1.82) is 0 Å². The molecule has 112 valence electrons. The Kier molecular flexibility index (Phi) is 5.14. The topological polar surface area (TPSA) is 51.2 Å². The summed E-state index contributed by atoms with van der Waals surface area (Å²) >= 11 is 0. The minimum Gasteiger partial charge on any atom is -0.481 e. The van der Waals surface area contributed by atoms with Gasteiger partial charge in [0.15, 0.2) is 6.61 Å². The van der Waals surface area contributed by atoms with Crippen molar-refractivity contribution >= 4 is 16.8 Å². The summed E-state index contributed by atoms with van der Waals surface area (Å²) in [5.74, 6) is 1.13. The standard InChI is InChI=1S/C17H22N2O2/c1-12(2)9-10-18-16(20)11-21-15-6-4-5-14-8-7-13(3)19-17(14)15/h4-8,12H,9-11H2,1-3H3,(H,18,20). The van der Waals surface area contributed by atoms with Crippen molar-refractivity contribution in [2.75, 3.05) is 13.2 Å². The molecule has 2 rings (SSSR count). The van der Waals surface area contributed by atoms with Crippen LogP contribution in [-0.2, 0) is 4.79 Å². The van der Waals surface area contributed by atoms with Crippen molar-refractivity contribution in [3.05, 3.63) is 36.0 Å². The molecule has 21 heavy (non-hydrogen) atoms. The number of hydrogen-bond acceptors (Lipinski definition) is 3. The van der Waals surface area contributed by atoms with E-state index in [4.69, 9.17) is 4.74 Å². The Morgan fingerprint density at radius 2 is 2.10 bits per heavy atom. The maximum Gasteiger partial charge on any atom is 0.257 e. The number of para-hydroxylation sites is 1. The van der Waals surface area contributed by atoms with Crippen LogP contribution in [0.2, 0.25) is 0 Å². The number of rotatable bonds is 6. The Balaban J connectivity index is 1.97. The van der Waals surface area contributed by atoms with Crippen LogP contribution in [0.1, 0.15) is 26.0 Å². The summed E-state index contributed by atoms with van der Waals surface area (Å²) in [5, 5.41) is 3.87. The largest absolute Gasteiger partial charge is 0.481 e. The Morgan fingerprint density at radius 1 is 1.29 bits per heavy atom. The van der Waals surface area contributed by atoms with Crippen LogP contribution in [0.4, 0.5) is 0 Å². The molecule has 2 aromatic rings. The number of amides is 1. The van der Waals surface area contributed by atoms with Crippen LogP contribution in [0.5, 0.6) is 5.75 Å². The van der Waals surface area contributed by atoms with E-state index in [-0.39, 0.29) is 12.5 Å². The first-order valence-electron chi connectivity index (χ1n) is 7.32. The molecule has 0 bridgehead atoms. The van der Waals surface area contributed by atoms with Crippen molar-refractivity contribution < 1.29 is 9.53 Å². The van der Waals surface area contributed by atoms with Crippen LogP contribution in [-0.4, -0.2) is 24.0 Å². The summed E-state index contributed by atoms with van der Waals surface area (Å²) in [6.07, 6.45) is 0.973. The van der Waals surface area contributed by atoms with E-state index in [9.17, 15) is 4.79 Å². The summed E-state index contributed by atoms with van der Waals surface area (Å²) in [7, 11) is 0. The lowest BCUT2D eigenvalue weighted by Gasteiger charge is -2.10. The number of aromatic nitrogens is 1. The highest BCUT2D eigenvalue weighted by molar-refractivity contribution is 5.85. The number of hydrogen-bond donors (Lipinski definition) is 1. The third kappa shape index (κ3) is 4.45. The van der Waals surface area contributed by atoms with Gasteiger partial charge >= 0.3 is 0 Å². The maximum absolute atomic E-state index is 11.7. The Bertz CT molecular complexity index is 623. The van der Waals surface area contributed by atoms with Gasteiger partial charge in [-0.1, -0.05) is 32.0 Å². The normalized spacial score (nSPS) is 10.9. The first-order valence-corrected chi connectivity index (χ1v) is 7.32. The van der Waals surface area contributed by atoms with Gasteiger partial charge in [-0.2, -0.15) is 0 Å². The molecule has 0 unspecified atom stereocenters. The molecule has 1 heterocycles. The van der Waals surface area contributed by atoms with Gasteiger partial charge in [-0.05, 0) is 31.4 Å². The lowest BCUT2D eigenvalue weighted by Crippen LogP contribution is -2.30. The van der Waals surface area contributed by atoms with Crippen molar-refractivity contribution in [3.8, 4) is 5.75 Å². The van der Waals surface area contributed by atoms with E-state index in [1.165, 1.54) is 0 Å². The van der Waals surface area contributed by atoms with Gasteiger partial charge in [-0.15, -0.1) is 0 Å². The van der Waals surface area contributed by atoms with Crippen molar-refractivity contribution in [2.45, 2.75) is 27.2 Å². The van der Waals surface area contributed by atoms with Crippen molar-refractivity contribution in [3.63, 3.8) is 0 Å². The molecule has 0 atom stereocenters. The fraction of sp³-hybridized carbons (Fsp3) is 0.412. The highest BCUT2D eigenvalue weighted by atomic mass is 16.5. The molecule has 0 aliphatic heterocycles. The number of benzene rings is 1. The number of ether oxygens (including phenoxy) is 1. The molecule has 1 aromatic carbocycles. The van der Waals surface area contributed by atoms with Crippen molar-refractivity contribution in [2.24, 2.45) is 5.92 Å². The SMILES string of the molecule is Cc1ccc2cccc(OCC(=O)NCCC(C)C)c2n1. The zero-order valence-corrected chi connectivity index (χ0v) is 12.8. The highest BCUT2D eigenvalue weighted by Crippen LogP contribution is 2.23. The first-order chi connectivity index (χ1) is 10.1. The van der Waals surface area contributed by atoms with Gasteiger partial charge in [-0.3, -0.25) is 4.79 Å². The summed E-state index contributed by atoms with van der Waals surface area (Å²) in [5.41, 5.74) is 1.73. The third-order valence-corrected chi connectivity index (χ3v) is 3.23. The number of carbonyl (C=O) groups is 1. The van der Waals surface area contributed by atoms with E-state index in [1.807, 2.05) is 37.3 Å². The molecule has 4 nitrogen and oxygen atoms in total. The van der Waals surface area contributed by atoms with Crippen LogP contribution in [0, 0.1) is 12.8 Å². The summed E-state index contributed by atoms with van der Waals surface area (Å²) in [4.78, 5) is 16.2. The molecule has 0 fully saturated rings. The third-order valence-electron chi connectivity index (χ3n) is 3.23. The van der Waals surface area contributed by atoms with Gasteiger partial charge < -0.3 is 10.1 Å². The van der Waals surface area contributed by atoms with E-state index in [0.29, 0.717) is 18.2 Å². The Labute approximate surface area is 125 Å². The number of fused-ring (bicyclic) bond motifs is 1. The zero-order chi connectivity index (χ0) is 15.2. The fourth-order valence-corrected chi connectivity index (χ4v) is 2.03. The minimum atomic E-state index is -0.0969. The minimum absolute atomic E-state index is 0.0207. The second-order valence-electron chi connectivity index (χ2n) is 5.60. The van der Waals surface area contributed by atoms with Gasteiger partial charge in [0.2, 0.25) is 0 Å². The average Bonchev–Trinajstić information content (AvgIpc) is 2.44. The smallest absolute Gasteiger partial charge is 0.257 e. The summed E-state index contributed by atoms with van der Waals surface area (Å²) < 4.78 is 5.62. The van der Waals surface area contributed by atoms with E-state index < -0.39 is 0 Å². The molecule has 0 saturated carbocycles. The second-order valence-corrected chi connectivity index (χ2v) is 5.60. The van der Waals surface area contributed by atoms with Gasteiger partial charge in [0.25, 0.3) is 5.91 Å². The monoisotopic (exact) mass is 286 g/mol. The molecular weight excluding hydrogens is 264 g/mol. The molecule has 1 amide bonds. The molecule has 1 aromatic heterocycles. The van der Waals surface area contributed by atoms with E-state index >= 15 is 0 Å². The van der Waals surface area contributed by atoms with Gasteiger partial charge in [0, 0.05) is 17.6 Å². The Morgan fingerprint density at radius 3 is 2.86 bits per heavy atom. The number of nitrogens with one attached hydrogen (secondary N) is 1. The van der Waals surface area contributed by atoms with Gasteiger partial charge in [-0.25, -0.2) is 4.98 Å². The van der Waals surface area contributed by atoms with Crippen LogP contribution in [0.15, 0.2) is 30.3 Å². The predicted molar refractivity (Wildman–Crippen MR) is 84.4 cm³/mol. The zero-order valence-electron chi connectivity index (χ0n) is 12.8. The summed E-state index contributed by atoms with van der Waals surface area (Å²) in [6, 6.07) is 9.71. The summed E-state index contributed by atoms with van der Waals surface area (Å²) in [6.45, 7) is 6.91. The highest BCUT2D eigenvalue weighted by Gasteiger charge is 2.07. The number of pyridine rings is 1. The molecule has 0 spiro atoms. The maximum atomic E-state index is 11.7. The molecular formula is C17H22N2O2. The van der Waals surface area contributed by atoms with E-state index in [0.717, 1.165) is 23.0 Å². The average molecular weight is 286 g/mol. The first kappa shape index (κ1) is 15.3. The number of nitrogens with zero attached hydrogens (tertiary/aromatic N) is 1. The van der Waals surface area contributed by atoms with Gasteiger partial charge in [0.1, 0.15) is 11.3 Å².